The molecule has 0 saturated carbocycles. The van der Waals surface area contributed by atoms with Crippen LogP contribution in [-0.4, -0.2) is 39.8 Å². The summed E-state index contributed by atoms with van der Waals surface area (Å²) < 4.78 is 43.4. The number of aromatic nitrogens is 3. The van der Waals surface area contributed by atoms with E-state index in [2.05, 4.69) is 9.97 Å². The first-order chi connectivity index (χ1) is 13.3. The number of hydrogen-bond donors (Lipinski definition) is 1. The van der Waals surface area contributed by atoms with E-state index < -0.39 is 23.8 Å². The number of hydrogen-bond acceptors (Lipinski definition) is 4. The molecular weight excluding hydrogens is 426 g/mol. The van der Waals surface area contributed by atoms with Gasteiger partial charge in [0.2, 0.25) is 5.95 Å². The second-order valence-electron chi connectivity index (χ2n) is 7.03. The van der Waals surface area contributed by atoms with Crippen LogP contribution in [0.1, 0.15) is 25.1 Å². The van der Waals surface area contributed by atoms with Gasteiger partial charge in [0.25, 0.3) is 0 Å². The van der Waals surface area contributed by atoms with Gasteiger partial charge in [-0.05, 0) is 25.5 Å². The minimum atomic E-state index is -1.08. The number of piperidine rings is 1. The molecule has 1 fully saturated rings. The Morgan fingerprint density at radius 3 is 2.62 bits per heavy atom. The van der Waals surface area contributed by atoms with E-state index in [-0.39, 0.29) is 31.4 Å². The molecule has 0 aliphatic carbocycles. The standard InChI is InChI=1S/C19H19ClF3N5.ClH/c1-10(16-3-2-11(20)8-25-16)28-18-7-14(23)13(22)6-17(18)26-19(28)27-5-4-12(21)15(24)9-27;/h2-3,6-8,10,12,15H,4-5,9,24H2,1H3;1H/t10?,12-,15-;/m1./s1. The molecular formula is C19H20Cl2F3N5. The van der Waals surface area contributed by atoms with Crippen LogP contribution in [0.2, 0.25) is 5.02 Å². The second-order valence-corrected chi connectivity index (χ2v) is 7.47. The molecule has 1 saturated heterocycles. The van der Waals surface area contributed by atoms with Gasteiger partial charge < -0.3 is 15.2 Å². The summed E-state index contributed by atoms with van der Waals surface area (Å²) in [4.78, 5) is 10.7. The minimum Gasteiger partial charge on any atom is -0.340 e. The van der Waals surface area contributed by atoms with Gasteiger partial charge in [-0.25, -0.2) is 18.2 Å². The van der Waals surface area contributed by atoms with Crippen molar-refractivity contribution in [3.63, 3.8) is 0 Å². The zero-order valence-electron chi connectivity index (χ0n) is 15.5. The summed E-state index contributed by atoms with van der Waals surface area (Å²) in [6, 6.07) is 4.66. The third-order valence-corrected chi connectivity index (χ3v) is 5.36. The van der Waals surface area contributed by atoms with E-state index in [1.54, 1.807) is 16.7 Å². The molecule has 29 heavy (non-hydrogen) atoms. The summed E-state index contributed by atoms with van der Waals surface area (Å²) in [6.45, 7) is 2.55. The first-order valence-corrected chi connectivity index (χ1v) is 9.36. The molecule has 1 unspecified atom stereocenters. The van der Waals surface area contributed by atoms with Crippen LogP contribution in [-0.2, 0) is 0 Å². The van der Waals surface area contributed by atoms with Gasteiger partial charge in [-0.3, -0.25) is 4.98 Å². The maximum Gasteiger partial charge on any atom is 0.207 e. The summed E-state index contributed by atoms with van der Waals surface area (Å²) in [6.07, 6.45) is 0.705. The van der Waals surface area contributed by atoms with E-state index in [1.165, 1.54) is 6.20 Å². The molecule has 5 nitrogen and oxygen atoms in total. The predicted octanol–water partition coefficient (Wildman–Crippen LogP) is 4.27. The van der Waals surface area contributed by atoms with Crippen molar-refractivity contribution in [2.75, 3.05) is 18.0 Å². The number of anilines is 1. The summed E-state index contributed by atoms with van der Waals surface area (Å²) in [5, 5.41) is 0.496. The van der Waals surface area contributed by atoms with E-state index in [0.717, 1.165) is 12.1 Å². The Hall–Kier alpha value is -2.03. The lowest BCUT2D eigenvalue weighted by Crippen LogP contribution is -2.50. The molecule has 10 heteroatoms. The highest BCUT2D eigenvalue weighted by Gasteiger charge is 2.31. The molecule has 4 rings (SSSR count). The quantitative estimate of drug-likeness (QED) is 0.653. The SMILES string of the molecule is CC(c1ccc(Cl)cn1)n1c(N2CC[C@@H](F)[C@H](N)C2)nc2cc(F)c(F)cc21.Cl. The molecule has 0 spiro atoms. The smallest absolute Gasteiger partial charge is 0.207 e. The van der Waals surface area contributed by atoms with Crippen LogP contribution < -0.4 is 10.6 Å². The van der Waals surface area contributed by atoms with Crippen molar-refractivity contribution in [3.8, 4) is 0 Å². The van der Waals surface area contributed by atoms with Crippen LogP contribution in [0.5, 0.6) is 0 Å². The van der Waals surface area contributed by atoms with Crippen LogP contribution >= 0.6 is 24.0 Å². The monoisotopic (exact) mass is 445 g/mol. The molecule has 0 radical (unpaired) electrons. The highest BCUT2D eigenvalue weighted by molar-refractivity contribution is 6.30. The number of benzene rings is 1. The van der Waals surface area contributed by atoms with E-state index in [0.29, 0.717) is 34.2 Å². The Balaban J connectivity index is 0.00000240. The normalized spacial score (nSPS) is 20.6. The third-order valence-electron chi connectivity index (χ3n) is 5.13. The molecule has 1 aliphatic heterocycles. The highest BCUT2D eigenvalue weighted by Crippen LogP contribution is 2.32. The van der Waals surface area contributed by atoms with Gasteiger partial charge in [0, 0.05) is 31.4 Å². The topological polar surface area (TPSA) is 60.0 Å². The Morgan fingerprint density at radius 1 is 1.24 bits per heavy atom. The van der Waals surface area contributed by atoms with Crippen LogP contribution in [0.3, 0.4) is 0 Å². The Labute approximate surface area is 177 Å². The summed E-state index contributed by atoms with van der Waals surface area (Å²) in [5.74, 6) is -1.46. The van der Waals surface area contributed by atoms with Gasteiger partial charge >= 0.3 is 0 Å². The van der Waals surface area contributed by atoms with Crippen molar-refractivity contribution in [1.82, 2.24) is 14.5 Å². The third kappa shape index (κ3) is 4.01. The molecule has 0 bridgehead atoms. The maximum atomic E-state index is 14.0. The van der Waals surface area contributed by atoms with Crippen LogP contribution in [0, 0.1) is 11.6 Å². The molecule has 2 N–H and O–H groups in total. The van der Waals surface area contributed by atoms with Gasteiger partial charge in [0.1, 0.15) is 6.17 Å². The summed E-state index contributed by atoms with van der Waals surface area (Å²) >= 11 is 5.93. The number of rotatable bonds is 3. The lowest BCUT2D eigenvalue weighted by atomic mass is 10.1. The predicted molar refractivity (Wildman–Crippen MR) is 110 cm³/mol. The number of fused-ring (bicyclic) bond motifs is 1. The Bertz CT molecular complexity index is 1010. The lowest BCUT2D eigenvalue weighted by molar-refractivity contribution is 0.243. The van der Waals surface area contributed by atoms with E-state index in [9.17, 15) is 13.2 Å². The zero-order valence-corrected chi connectivity index (χ0v) is 17.1. The zero-order chi connectivity index (χ0) is 20.0. The summed E-state index contributed by atoms with van der Waals surface area (Å²) in [5.41, 5.74) is 7.32. The van der Waals surface area contributed by atoms with Crippen molar-refractivity contribution in [2.24, 2.45) is 5.73 Å². The number of pyridine rings is 1. The van der Waals surface area contributed by atoms with Gasteiger partial charge in [0.15, 0.2) is 11.6 Å². The Kier molecular flexibility index (Phi) is 6.26. The molecule has 0 amide bonds. The Morgan fingerprint density at radius 2 is 1.97 bits per heavy atom. The van der Waals surface area contributed by atoms with Gasteiger partial charge in [-0.1, -0.05) is 11.6 Å². The molecule has 1 aliphatic rings. The minimum absolute atomic E-state index is 0. The molecule has 3 aromatic rings. The largest absolute Gasteiger partial charge is 0.340 e. The van der Waals surface area contributed by atoms with Crippen molar-refractivity contribution in [2.45, 2.75) is 31.6 Å². The van der Waals surface area contributed by atoms with Crippen LogP contribution in [0.25, 0.3) is 11.0 Å². The van der Waals surface area contributed by atoms with Gasteiger partial charge in [-0.2, -0.15) is 0 Å². The molecule has 2 aromatic heterocycles. The average molecular weight is 446 g/mol. The van der Waals surface area contributed by atoms with Crippen molar-refractivity contribution < 1.29 is 13.2 Å². The van der Waals surface area contributed by atoms with Gasteiger partial charge in [0.05, 0.1) is 33.8 Å². The van der Waals surface area contributed by atoms with Crippen LogP contribution in [0.4, 0.5) is 19.1 Å². The number of alkyl halides is 1. The van der Waals surface area contributed by atoms with E-state index >= 15 is 0 Å². The molecule has 3 atom stereocenters. The second kappa shape index (κ2) is 8.38. The van der Waals surface area contributed by atoms with Crippen molar-refractivity contribution in [1.29, 1.82) is 0 Å². The van der Waals surface area contributed by atoms with Gasteiger partial charge in [-0.15, -0.1) is 12.4 Å². The summed E-state index contributed by atoms with van der Waals surface area (Å²) in [7, 11) is 0. The number of nitrogens with zero attached hydrogens (tertiary/aromatic N) is 4. The number of halogens is 5. The fourth-order valence-corrected chi connectivity index (χ4v) is 3.70. The fraction of sp³-hybridized carbons (Fsp3) is 0.368. The number of nitrogens with two attached hydrogens (primary N) is 1. The van der Waals surface area contributed by atoms with E-state index in [4.69, 9.17) is 17.3 Å². The average Bonchev–Trinajstić information content (AvgIpc) is 3.02. The van der Waals surface area contributed by atoms with E-state index in [1.807, 2.05) is 11.8 Å². The highest BCUT2D eigenvalue weighted by atomic mass is 35.5. The number of imidazole rings is 1. The molecule has 1 aromatic carbocycles. The first-order valence-electron chi connectivity index (χ1n) is 8.98. The van der Waals surface area contributed by atoms with Crippen molar-refractivity contribution >= 4 is 41.0 Å². The fourth-order valence-electron chi connectivity index (χ4n) is 3.58. The maximum absolute atomic E-state index is 14.0. The first kappa shape index (κ1) is 21.7. The lowest BCUT2D eigenvalue weighted by Gasteiger charge is -2.34. The molecule has 3 heterocycles. The van der Waals surface area contributed by atoms with Crippen molar-refractivity contribution in [3.05, 3.63) is 52.8 Å². The van der Waals surface area contributed by atoms with Crippen LogP contribution in [0.15, 0.2) is 30.5 Å². The molecule has 156 valence electrons.